The topological polar surface area (TPSA) is 46.9 Å². The van der Waals surface area contributed by atoms with Crippen molar-refractivity contribution in [2.24, 2.45) is 0 Å². The highest BCUT2D eigenvalue weighted by atomic mass is 19.1. The Balaban J connectivity index is 1.59. The van der Waals surface area contributed by atoms with Gasteiger partial charge < -0.3 is 5.32 Å². The molecule has 4 nitrogen and oxygen atoms in total. The minimum absolute atomic E-state index is 0.152. The molecule has 3 aromatic rings. The van der Waals surface area contributed by atoms with Crippen molar-refractivity contribution in [3.05, 3.63) is 90.0 Å². The van der Waals surface area contributed by atoms with Crippen molar-refractivity contribution < 1.29 is 9.18 Å². The van der Waals surface area contributed by atoms with Crippen molar-refractivity contribution >= 4 is 12.0 Å². The number of halogens is 1. The van der Waals surface area contributed by atoms with Crippen molar-refractivity contribution in [1.29, 1.82) is 0 Å². The zero-order chi connectivity index (χ0) is 16.8. The van der Waals surface area contributed by atoms with Gasteiger partial charge in [0.25, 0.3) is 0 Å². The van der Waals surface area contributed by atoms with Gasteiger partial charge in [-0.1, -0.05) is 36.4 Å². The lowest BCUT2D eigenvalue weighted by molar-refractivity contribution is -0.116. The number of nitrogens with one attached hydrogen (secondary N) is 1. The van der Waals surface area contributed by atoms with E-state index in [4.69, 9.17) is 0 Å². The molecule has 0 fully saturated rings. The van der Waals surface area contributed by atoms with Gasteiger partial charge in [0.1, 0.15) is 5.82 Å². The van der Waals surface area contributed by atoms with Crippen LogP contribution in [0.2, 0.25) is 0 Å². The summed E-state index contributed by atoms with van der Waals surface area (Å²) in [5.74, 6) is -0.614. The second kappa shape index (κ2) is 7.37. The predicted molar refractivity (Wildman–Crippen MR) is 90.8 cm³/mol. The van der Waals surface area contributed by atoms with Gasteiger partial charge in [-0.15, -0.1) is 0 Å². The van der Waals surface area contributed by atoms with E-state index in [1.54, 1.807) is 35.2 Å². The third-order valence-corrected chi connectivity index (χ3v) is 3.46. The standard InChI is InChI=1S/C19H16FN3O/c20-18-9-5-4-6-16(18)13-21-19(24)11-10-15-12-22-23(14-15)17-7-2-1-3-8-17/h1-12,14H,13H2,(H,21,24)/b11-10+. The molecule has 0 radical (unpaired) electrons. The Morgan fingerprint density at radius 3 is 2.67 bits per heavy atom. The van der Waals surface area contributed by atoms with Gasteiger partial charge in [-0.05, 0) is 24.3 Å². The van der Waals surface area contributed by atoms with E-state index in [0.717, 1.165) is 11.3 Å². The summed E-state index contributed by atoms with van der Waals surface area (Å²) in [5, 5.41) is 6.91. The van der Waals surface area contributed by atoms with Crippen LogP contribution in [0.15, 0.2) is 73.1 Å². The quantitative estimate of drug-likeness (QED) is 0.733. The Morgan fingerprint density at radius 1 is 1.12 bits per heavy atom. The molecule has 5 heteroatoms. The fourth-order valence-corrected chi connectivity index (χ4v) is 2.20. The van der Waals surface area contributed by atoms with E-state index in [0.29, 0.717) is 5.56 Å². The van der Waals surface area contributed by atoms with Gasteiger partial charge in [-0.25, -0.2) is 9.07 Å². The molecule has 0 bridgehead atoms. The minimum Gasteiger partial charge on any atom is -0.348 e. The molecule has 0 unspecified atom stereocenters. The van der Waals surface area contributed by atoms with Crippen LogP contribution in [0.5, 0.6) is 0 Å². The Labute approximate surface area is 139 Å². The molecule has 120 valence electrons. The number of hydrogen-bond acceptors (Lipinski definition) is 2. The maximum absolute atomic E-state index is 13.5. The lowest BCUT2D eigenvalue weighted by Crippen LogP contribution is -2.20. The zero-order valence-electron chi connectivity index (χ0n) is 12.9. The van der Waals surface area contributed by atoms with Crippen molar-refractivity contribution in [3.63, 3.8) is 0 Å². The van der Waals surface area contributed by atoms with E-state index >= 15 is 0 Å². The normalized spacial score (nSPS) is 10.9. The molecule has 1 N–H and O–H groups in total. The summed E-state index contributed by atoms with van der Waals surface area (Å²) in [4.78, 5) is 11.8. The fourth-order valence-electron chi connectivity index (χ4n) is 2.20. The molecule has 3 rings (SSSR count). The van der Waals surface area contributed by atoms with Gasteiger partial charge >= 0.3 is 0 Å². The molecule has 0 aliphatic heterocycles. The number of aromatic nitrogens is 2. The molecule has 0 atom stereocenters. The molecule has 0 saturated carbocycles. The minimum atomic E-state index is -0.328. The third-order valence-electron chi connectivity index (χ3n) is 3.46. The monoisotopic (exact) mass is 321 g/mol. The highest BCUT2D eigenvalue weighted by molar-refractivity contribution is 5.91. The summed E-state index contributed by atoms with van der Waals surface area (Å²) in [6.07, 6.45) is 6.58. The number of nitrogens with zero attached hydrogens (tertiary/aromatic N) is 2. The van der Waals surface area contributed by atoms with Crippen molar-refractivity contribution in [2.75, 3.05) is 0 Å². The predicted octanol–water partition coefficient (Wildman–Crippen LogP) is 3.34. The number of carbonyl (C=O) groups is 1. The van der Waals surface area contributed by atoms with Crippen LogP contribution in [-0.2, 0) is 11.3 Å². The van der Waals surface area contributed by atoms with Gasteiger partial charge in [-0.2, -0.15) is 5.10 Å². The summed E-state index contributed by atoms with van der Waals surface area (Å²) in [7, 11) is 0. The van der Waals surface area contributed by atoms with Crippen LogP contribution in [0, 0.1) is 5.82 Å². The first-order valence-corrected chi connectivity index (χ1v) is 7.52. The van der Waals surface area contributed by atoms with Crippen LogP contribution < -0.4 is 5.32 Å². The Morgan fingerprint density at radius 2 is 1.88 bits per heavy atom. The van der Waals surface area contributed by atoms with Crippen molar-refractivity contribution in [2.45, 2.75) is 6.54 Å². The third kappa shape index (κ3) is 3.95. The number of benzene rings is 2. The Kier molecular flexibility index (Phi) is 4.81. The van der Waals surface area contributed by atoms with Crippen molar-refractivity contribution in [3.8, 4) is 5.69 Å². The summed E-state index contributed by atoms with van der Waals surface area (Å²) < 4.78 is 15.2. The summed E-state index contributed by atoms with van der Waals surface area (Å²) in [6.45, 7) is 0.152. The fraction of sp³-hybridized carbons (Fsp3) is 0.0526. The van der Waals surface area contributed by atoms with Crippen LogP contribution in [0.4, 0.5) is 4.39 Å². The van der Waals surface area contributed by atoms with E-state index < -0.39 is 0 Å². The first kappa shape index (κ1) is 15.7. The van der Waals surface area contributed by atoms with E-state index in [-0.39, 0.29) is 18.3 Å². The zero-order valence-corrected chi connectivity index (χ0v) is 12.9. The smallest absolute Gasteiger partial charge is 0.244 e. The molecular formula is C19H16FN3O. The second-order valence-corrected chi connectivity index (χ2v) is 5.20. The SMILES string of the molecule is O=C(/C=C/c1cnn(-c2ccccc2)c1)NCc1ccccc1F. The van der Waals surface area contributed by atoms with Gasteiger partial charge in [0.2, 0.25) is 5.91 Å². The molecule has 1 amide bonds. The highest BCUT2D eigenvalue weighted by Gasteiger charge is 2.02. The molecule has 1 aromatic heterocycles. The first-order chi connectivity index (χ1) is 11.7. The van der Waals surface area contributed by atoms with Gasteiger partial charge in [-0.3, -0.25) is 4.79 Å². The first-order valence-electron chi connectivity index (χ1n) is 7.52. The molecular weight excluding hydrogens is 305 g/mol. The van der Waals surface area contributed by atoms with Crippen LogP contribution >= 0.6 is 0 Å². The number of hydrogen-bond donors (Lipinski definition) is 1. The molecule has 0 saturated heterocycles. The van der Waals surface area contributed by atoms with Crippen LogP contribution in [0.1, 0.15) is 11.1 Å². The number of amides is 1. The van der Waals surface area contributed by atoms with Crippen molar-refractivity contribution in [1.82, 2.24) is 15.1 Å². The lowest BCUT2D eigenvalue weighted by Gasteiger charge is -2.03. The molecule has 0 aliphatic rings. The number of para-hydroxylation sites is 1. The van der Waals surface area contributed by atoms with E-state index in [1.165, 1.54) is 12.1 Å². The average molecular weight is 321 g/mol. The summed E-state index contributed by atoms with van der Waals surface area (Å²) in [6, 6.07) is 16.1. The highest BCUT2D eigenvalue weighted by Crippen LogP contribution is 2.09. The van der Waals surface area contributed by atoms with E-state index in [2.05, 4.69) is 10.4 Å². The number of carbonyl (C=O) groups excluding carboxylic acids is 1. The Hall–Kier alpha value is -3.21. The molecule has 2 aromatic carbocycles. The summed E-state index contributed by atoms with van der Waals surface area (Å²) >= 11 is 0. The van der Waals surface area contributed by atoms with Crippen LogP contribution in [0.3, 0.4) is 0 Å². The molecule has 0 spiro atoms. The van der Waals surface area contributed by atoms with Crippen LogP contribution in [0.25, 0.3) is 11.8 Å². The Bertz CT molecular complexity index is 856. The molecule has 0 aliphatic carbocycles. The van der Waals surface area contributed by atoms with Gasteiger partial charge in [0.15, 0.2) is 0 Å². The maximum atomic E-state index is 13.5. The number of rotatable bonds is 5. The lowest BCUT2D eigenvalue weighted by atomic mass is 10.2. The van der Waals surface area contributed by atoms with E-state index in [1.807, 2.05) is 36.5 Å². The summed E-state index contributed by atoms with van der Waals surface area (Å²) in [5.41, 5.74) is 2.21. The molecule has 24 heavy (non-hydrogen) atoms. The molecule has 1 heterocycles. The van der Waals surface area contributed by atoms with Gasteiger partial charge in [0.05, 0.1) is 11.9 Å². The average Bonchev–Trinajstić information content (AvgIpc) is 3.09. The van der Waals surface area contributed by atoms with Crippen LogP contribution in [-0.4, -0.2) is 15.7 Å². The largest absolute Gasteiger partial charge is 0.348 e. The van der Waals surface area contributed by atoms with Gasteiger partial charge in [0, 0.05) is 29.9 Å². The maximum Gasteiger partial charge on any atom is 0.244 e. The second-order valence-electron chi connectivity index (χ2n) is 5.20. The van der Waals surface area contributed by atoms with E-state index in [9.17, 15) is 9.18 Å².